The van der Waals surface area contributed by atoms with Gasteiger partial charge in [0.2, 0.25) is 0 Å². The quantitative estimate of drug-likeness (QED) is 0.390. The van der Waals surface area contributed by atoms with Crippen molar-refractivity contribution in [1.82, 2.24) is 15.2 Å². The molecular formula is C21H24N4O5. The molecule has 0 aliphatic heterocycles. The van der Waals surface area contributed by atoms with Gasteiger partial charge in [0.15, 0.2) is 6.61 Å². The zero-order valence-corrected chi connectivity index (χ0v) is 17.2. The summed E-state index contributed by atoms with van der Waals surface area (Å²) >= 11 is 0. The molecule has 0 aliphatic carbocycles. The fourth-order valence-electron chi connectivity index (χ4n) is 2.83. The van der Waals surface area contributed by atoms with E-state index in [-0.39, 0.29) is 12.1 Å². The third kappa shape index (κ3) is 6.10. The van der Waals surface area contributed by atoms with Crippen molar-refractivity contribution in [2.24, 2.45) is 0 Å². The van der Waals surface area contributed by atoms with E-state index in [1.807, 2.05) is 25.2 Å². The average molecular weight is 412 g/mol. The van der Waals surface area contributed by atoms with Crippen LogP contribution in [0.2, 0.25) is 0 Å². The molecule has 0 spiro atoms. The van der Waals surface area contributed by atoms with Crippen LogP contribution in [0.15, 0.2) is 34.5 Å². The lowest BCUT2D eigenvalue weighted by atomic mass is 10.1. The summed E-state index contributed by atoms with van der Waals surface area (Å²) in [5.41, 5.74) is 2.45. The highest BCUT2D eigenvalue weighted by molar-refractivity contribution is 6.00. The molecule has 0 aromatic carbocycles. The summed E-state index contributed by atoms with van der Waals surface area (Å²) < 4.78 is 12.0. The Morgan fingerprint density at radius 1 is 1.33 bits per heavy atom. The molecule has 9 heteroatoms. The van der Waals surface area contributed by atoms with Gasteiger partial charge in [-0.15, -0.1) is 0 Å². The van der Waals surface area contributed by atoms with Gasteiger partial charge in [-0.1, -0.05) is 6.92 Å². The molecule has 9 nitrogen and oxygen atoms in total. The minimum absolute atomic E-state index is 0.101. The molecule has 0 radical (unpaired) electrons. The van der Waals surface area contributed by atoms with E-state index in [1.54, 1.807) is 18.2 Å². The van der Waals surface area contributed by atoms with E-state index < -0.39 is 24.5 Å². The summed E-state index contributed by atoms with van der Waals surface area (Å²) in [6.45, 7) is 6.16. The van der Waals surface area contributed by atoms with Crippen LogP contribution in [-0.4, -0.2) is 29.1 Å². The molecule has 158 valence electrons. The van der Waals surface area contributed by atoms with Crippen molar-refractivity contribution in [3.63, 3.8) is 0 Å². The maximum atomic E-state index is 12.2. The lowest BCUT2D eigenvalue weighted by Crippen LogP contribution is -2.41. The largest absolute Gasteiger partial charge is 0.467 e. The number of nitrogens with zero attached hydrogens (tertiary/aromatic N) is 2. The first-order chi connectivity index (χ1) is 14.3. The first-order valence-corrected chi connectivity index (χ1v) is 9.41. The van der Waals surface area contributed by atoms with Crippen LogP contribution in [0.1, 0.15) is 36.1 Å². The lowest BCUT2D eigenvalue weighted by Gasteiger charge is -2.07. The number of nitrogens with one attached hydrogen (secondary N) is 2. The minimum Gasteiger partial charge on any atom is -0.467 e. The first-order valence-electron chi connectivity index (χ1n) is 9.41. The first kappa shape index (κ1) is 22.5. The third-order valence-corrected chi connectivity index (χ3v) is 4.29. The van der Waals surface area contributed by atoms with Gasteiger partial charge in [-0.2, -0.15) is 5.26 Å². The summed E-state index contributed by atoms with van der Waals surface area (Å²) in [6, 6.07) is 6.25. The second-order valence-electron chi connectivity index (χ2n) is 6.53. The Bertz CT molecular complexity index is 980. The van der Waals surface area contributed by atoms with Gasteiger partial charge in [0.05, 0.1) is 12.8 Å². The minimum atomic E-state index is -0.941. The molecule has 2 aromatic heterocycles. The number of aryl methyl sites for hydroxylation is 1. The lowest BCUT2D eigenvalue weighted by molar-refractivity contribution is -0.144. The standard InChI is InChI=1S/C21H24N4O5/c1-4-7-25-14(2)9-16(15(25)3)10-17(11-22)20(27)30-13-19(26)24-21(28)23-12-18-6-5-8-29-18/h5-6,8-10H,4,7,12-13H2,1-3H3,(H2,23,24,26,28)/b17-10+. The number of amides is 3. The molecule has 3 amide bonds. The SMILES string of the molecule is CCCn1c(C)cc(/C=C(\C#N)C(=O)OCC(=O)NC(=O)NCc2ccco2)c1C. The fraction of sp³-hybridized carbons (Fsp3) is 0.333. The van der Waals surface area contributed by atoms with Crippen LogP contribution in [0.25, 0.3) is 6.08 Å². The normalized spacial score (nSPS) is 10.9. The van der Waals surface area contributed by atoms with Gasteiger partial charge in [0.25, 0.3) is 5.91 Å². The van der Waals surface area contributed by atoms with E-state index in [0.717, 1.165) is 29.9 Å². The summed E-state index contributed by atoms with van der Waals surface area (Å²) in [5.74, 6) is -1.24. The van der Waals surface area contributed by atoms with Gasteiger partial charge >= 0.3 is 12.0 Å². The number of ether oxygens (including phenoxy) is 1. The molecule has 2 aromatic rings. The van der Waals surface area contributed by atoms with Gasteiger partial charge in [-0.25, -0.2) is 9.59 Å². The molecule has 0 bridgehead atoms. The van der Waals surface area contributed by atoms with Crippen LogP contribution in [0.5, 0.6) is 0 Å². The number of esters is 1. The Balaban J connectivity index is 1.90. The molecule has 0 saturated carbocycles. The molecule has 0 atom stereocenters. The number of hydrogen-bond donors (Lipinski definition) is 2. The number of carbonyl (C=O) groups excluding carboxylic acids is 3. The Hall–Kier alpha value is -3.80. The summed E-state index contributed by atoms with van der Waals surface area (Å²) in [7, 11) is 0. The predicted octanol–water partition coefficient (Wildman–Crippen LogP) is 2.58. The number of hydrogen-bond acceptors (Lipinski definition) is 6. The maximum absolute atomic E-state index is 12.2. The van der Waals surface area contributed by atoms with Gasteiger partial charge in [-0.3, -0.25) is 10.1 Å². The van der Waals surface area contributed by atoms with E-state index in [1.165, 1.54) is 12.3 Å². The highest BCUT2D eigenvalue weighted by Gasteiger charge is 2.16. The van der Waals surface area contributed by atoms with Crippen molar-refractivity contribution in [3.8, 4) is 6.07 Å². The van der Waals surface area contributed by atoms with Crippen molar-refractivity contribution in [2.45, 2.75) is 40.3 Å². The van der Waals surface area contributed by atoms with Crippen molar-refractivity contribution >= 4 is 24.0 Å². The predicted molar refractivity (Wildman–Crippen MR) is 108 cm³/mol. The molecule has 0 aliphatic rings. The topological polar surface area (TPSA) is 126 Å². The fourth-order valence-corrected chi connectivity index (χ4v) is 2.83. The van der Waals surface area contributed by atoms with E-state index in [9.17, 15) is 19.6 Å². The monoisotopic (exact) mass is 412 g/mol. The number of carbonyl (C=O) groups is 3. The molecule has 0 unspecified atom stereocenters. The third-order valence-electron chi connectivity index (χ3n) is 4.29. The zero-order valence-electron chi connectivity index (χ0n) is 17.2. The van der Waals surface area contributed by atoms with Crippen LogP contribution >= 0.6 is 0 Å². The van der Waals surface area contributed by atoms with Gasteiger partial charge in [-0.05, 0) is 50.1 Å². The Labute approximate surface area is 174 Å². The molecule has 2 rings (SSSR count). The Morgan fingerprint density at radius 3 is 2.73 bits per heavy atom. The molecule has 0 saturated heterocycles. The van der Waals surface area contributed by atoms with Gasteiger partial charge in [0, 0.05) is 17.9 Å². The molecule has 30 heavy (non-hydrogen) atoms. The van der Waals surface area contributed by atoms with Crippen molar-refractivity contribution in [1.29, 1.82) is 5.26 Å². The van der Waals surface area contributed by atoms with Crippen LogP contribution in [0, 0.1) is 25.2 Å². The van der Waals surface area contributed by atoms with Crippen molar-refractivity contribution in [3.05, 3.63) is 52.7 Å². The number of nitriles is 1. The van der Waals surface area contributed by atoms with Crippen LogP contribution in [0.4, 0.5) is 4.79 Å². The number of aromatic nitrogens is 1. The number of furan rings is 1. The van der Waals surface area contributed by atoms with E-state index in [0.29, 0.717) is 5.76 Å². The van der Waals surface area contributed by atoms with E-state index >= 15 is 0 Å². The van der Waals surface area contributed by atoms with Crippen molar-refractivity contribution < 1.29 is 23.5 Å². The summed E-state index contributed by atoms with van der Waals surface area (Å²) in [5, 5.41) is 13.7. The summed E-state index contributed by atoms with van der Waals surface area (Å²) in [4.78, 5) is 35.6. The smallest absolute Gasteiger partial charge is 0.349 e. The van der Waals surface area contributed by atoms with Gasteiger partial charge < -0.3 is 19.0 Å². The number of rotatable bonds is 8. The Morgan fingerprint density at radius 2 is 2.10 bits per heavy atom. The highest BCUT2D eigenvalue weighted by atomic mass is 16.5. The highest BCUT2D eigenvalue weighted by Crippen LogP contribution is 2.19. The number of urea groups is 1. The second-order valence-corrected chi connectivity index (χ2v) is 6.53. The van der Waals surface area contributed by atoms with E-state index in [2.05, 4.69) is 16.8 Å². The zero-order chi connectivity index (χ0) is 22.1. The maximum Gasteiger partial charge on any atom is 0.349 e. The van der Waals surface area contributed by atoms with Gasteiger partial charge in [0.1, 0.15) is 17.4 Å². The summed E-state index contributed by atoms with van der Waals surface area (Å²) in [6.07, 6.45) is 3.85. The molecule has 0 fully saturated rings. The second kappa shape index (κ2) is 10.7. The van der Waals surface area contributed by atoms with Crippen LogP contribution < -0.4 is 10.6 Å². The molecular weight excluding hydrogens is 388 g/mol. The molecule has 2 heterocycles. The average Bonchev–Trinajstić information content (AvgIpc) is 3.32. The van der Waals surface area contributed by atoms with Crippen LogP contribution in [-0.2, 0) is 27.4 Å². The van der Waals surface area contributed by atoms with Crippen molar-refractivity contribution in [2.75, 3.05) is 6.61 Å². The van der Waals surface area contributed by atoms with Crippen LogP contribution in [0.3, 0.4) is 0 Å². The Kier molecular flexibility index (Phi) is 7.99. The van der Waals surface area contributed by atoms with E-state index in [4.69, 9.17) is 9.15 Å². The number of imide groups is 1. The molecule has 2 N–H and O–H groups in total.